The monoisotopic (exact) mass is 387 g/mol. The van der Waals surface area contributed by atoms with Gasteiger partial charge in [0.25, 0.3) is 0 Å². The molecule has 148 valence electrons. The van der Waals surface area contributed by atoms with Crippen molar-refractivity contribution < 1.29 is 28.5 Å². The summed E-state index contributed by atoms with van der Waals surface area (Å²) < 4.78 is 20.6. The highest BCUT2D eigenvalue weighted by molar-refractivity contribution is 6.39. The van der Waals surface area contributed by atoms with E-state index < -0.39 is 11.8 Å². The van der Waals surface area contributed by atoms with Gasteiger partial charge in [0, 0.05) is 17.7 Å². The van der Waals surface area contributed by atoms with Crippen LogP contribution in [0.4, 0.5) is 5.69 Å². The third-order valence-electron chi connectivity index (χ3n) is 3.67. The fourth-order valence-electron chi connectivity index (χ4n) is 2.23. The molecule has 9 heteroatoms. The second kappa shape index (κ2) is 9.81. The predicted octanol–water partition coefficient (Wildman–Crippen LogP) is 1.81. The van der Waals surface area contributed by atoms with E-state index in [0.717, 1.165) is 0 Å². The van der Waals surface area contributed by atoms with Crippen molar-refractivity contribution in [2.45, 2.75) is 0 Å². The third-order valence-corrected chi connectivity index (χ3v) is 3.67. The molecule has 28 heavy (non-hydrogen) atoms. The molecule has 0 spiro atoms. The second-order valence-electron chi connectivity index (χ2n) is 5.33. The predicted molar refractivity (Wildman–Crippen MR) is 103 cm³/mol. The number of methoxy groups -OCH3 is 4. The van der Waals surface area contributed by atoms with Gasteiger partial charge in [-0.3, -0.25) is 9.59 Å². The van der Waals surface area contributed by atoms with Crippen LogP contribution < -0.4 is 29.7 Å². The molecule has 0 aliphatic heterocycles. The van der Waals surface area contributed by atoms with E-state index >= 15 is 0 Å². The lowest BCUT2D eigenvalue weighted by Crippen LogP contribution is -2.32. The molecule has 0 saturated heterocycles. The van der Waals surface area contributed by atoms with Gasteiger partial charge in [0.1, 0.15) is 23.0 Å². The quantitative estimate of drug-likeness (QED) is 0.426. The summed E-state index contributed by atoms with van der Waals surface area (Å²) in [4.78, 5) is 24.1. The zero-order valence-electron chi connectivity index (χ0n) is 15.9. The van der Waals surface area contributed by atoms with Crippen LogP contribution in [-0.2, 0) is 9.59 Å². The summed E-state index contributed by atoms with van der Waals surface area (Å²) in [6, 6.07) is 9.91. The van der Waals surface area contributed by atoms with Crippen LogP contribution in [0.5, 0.6) is 23.0 Å². The van der Waals surface area contributed by atoms with E-state index in [1.54, 1.807) is 37.4 Å². The van der Waals surface area contributed by atoms with Crippen molar-refractivity contribution in [3.8, 4) is 23.0 Å². The van der Waals surface area contributed by atoms with Crippen molar-refractivity contribution >= 4 is 23.7 Å². The number of hydrazone groups is 1. The zero-order valence-corrected chi connectivity index (χ0v) is 15.9. The number of rotatable bonds is 7. The number of amides is 2. The highest BCUT2D eigenvalue weighted by atomic mass is 16.5. The van der Waals surface area contributed by atoms with Gasteiger partial charge in [-0.15, -0.1) is 0 Å². The molecular weight excluding hydrogens is 366 g/mol. The fourth-order valence-corrected chi connectivity index (χ4v) is 2.23. The summed E-state index contributed by atoms with van der Waals surface area (Å²) in [5.74, 6) is 0.140. The molecule has 0 aliphatic carbocycles. The van der Waals surface area contributed by atoms with E-state index in [2.05, 4.69) is 15.8 Å². The maximum Gasteiger partial charge on any atom is 0.329 e. The van der Waals surface area contributed by atoms with Crippen LogP contribution in [0.3, 0.4) is 0 Å². The fraction of sp³-hybridized carbons (Fsp3) is 0.211. The van der Waals surface area contributed by atoms with Crippen LogP contribution in [0, 0.1) is 0 Å². The van der Waals surface area contributed by atoms with E-state index in [9.17, 15) is 9.59 Å². The summed E-state index contributed by atoms with van der Waals surface area (Å²) in [6.07, 6.45) is 1.36. The van der Waals surface area contributed by atoms with E-state index in [1.807, 2.05) is 0 Å². The summed E-state index contributed by atoms with van der Waals surface area (Å²) in [6.45, 7) is 0. The molecule has 0 fully saturated rings. The Balaban J connectivity index is 2.03. The number of anilines is 1. The molecule has 2 aromatic rings. The minimum Gasteiger partial charge on any atom is -0.497 e. The minimum atomic E-state index is -0.950. The molecule has 0 saturated carbocycles. The molecule has 0 atom stereocenters. The molecule has 2 amide bonds. The minimum absolute atomic E-state index is 0.294. The molecule has 0 radical (unpaired) electrons. The number of carbonyl (C=O) groups is 2. The van der Waals surface area contributed by atoms with Crippen molar-refractivity contribution in [3.63, 3.8) is 0 Å². The van der Waals surface area contributed by atoms with Crippen molar-refractivity contribution in [2.24, 2.45) is 5.10 Å². The Labute approximate surface area is 162 Å². The molecule has 0 unspecified atom stereocenters. The van der Waals surface area contributed by atoms with Crippen molar-refractivity contribution in [3.05, 3.63) is 42.0 Å². The molecule has 2 N–H and O–H groups in total. The average molecular weight is 387 g/mol. The van der Waals surface area contributed by atoms with E-state index in [0.29, 0.717) is 34.2 Å². The lowest BCUT2D eigenvalue weighted by atomic mass is 10.2. The topological polar surface area (TPSA) is 107 Å². The number of nitrogens with one attached hydrogen (secondary N) is 2. The number of hydrogen-bond acceptors (Lipinski definition) is 7. The Morgan fingerprint density at radius 2 is 1.46 bits per heavy atom. The summed E-state index contributed by atoms with van der Waals surface area (Å²) >= 11 is 0. The largest absolute Gasteiger partial charge is 0.497 e. The third kappa shape index (κ3) is 5.13. The standard InChI is InChI=1S/C19H21N3O6/c1-25-13-7-8-16(27-3)15(9-13)21-18(23)19(24)22-20-11-12-5-6-14(26-2)10-17(12)28-4/h5-11H,1-4H3,(H,21,23)(H,22,24)/b20-11-. The van der Waals surface area contributed by atoms with Crippen LogP contribution in [-0.4, -0.2) is 46.5 Å². The molecule has 0 aromatic heterocycles. The van der Waals surface area contributed by atoms with Crippen molar-refractivity contribution in [1.82, 2.24) is 5.43 Å². The Kier molecular flexibility index (Phi) is 7.21. The van der Waals surface area contributed by atoms with Gasteiger partial charge in [0.05, 0.1) is 40.3 Å². The highest BCUT2D eigenvalue weighted by Gasteiger charge is 2.16. The van der Waals surface area contributed by atoms with E-state index in [1.165, 1.54) is 33.6 Å². The van der Waals surface area contributed by atoms with Crippen molar-refractivity contribution in [1.29, 1.82) is 0 Å². The molecule has 0 aliphatic rings. The number of hydrogen-bond donors (Lipinski definition) is 2. The molecule has 0 bridgehead atoms. The van der Waals surface area contributed by atoms with Crippen LogP contribution in [0.2, 0.25) is 0 Å². The number of benzene rings is 2. The van der Waals surface area contributed by atoms with Gasteiger partial charge < -0.3 is 24.3 Å². The first-order chi connectivity index (χ1) is 13.5. The lowest BCUT2D eigenvalue weighted by Gasteiger charge is -2.11. The van der Waals surface area contributed by atoms with E-state index in [-0.39, 0.29) is 0 Å². The highest BCUT2D eigenvalue weighted by Crippen LogP contribution is 2.28. The van der Waals surface area contributed by atoms with Gasteiger partial charge in [-0.1, -0.05) is 0 Å². The van der Waals surface area contributed by atoms with Gasteiger partial charge in [0.2, 0.25) is 0 Å². The molecule has 2 aromatic carbocycles. The molecule has 2 rings (SSSR count). The maximum absolute atomic E-state index is 12.1. The Hall–Kier alpha value is -3.75. The smallest absolute Gasteiger partial charge is 0.329 e. The Bertz CT molecular complexity index is 882. The van der Waals surface area contributed by atoms with Gasteiger partial charge in [0.15, 0.2) is 0 Å². The number of carbonyl (C=O) groups excluding carboxylic acids is 2. The Morgan fingerprint density at radius 3 is 2.11 bits per heavy atom. The molecular formula is C19H21N3O6. The first-order valence-electron chi connectivity index (χ1n) is 8.10. The van der Waals surface area contributed by atoms with Crippen molar-refractivity contribution in [2.75, 3.05) is 33.8 Å². The first-order valence-corrected chi connectivity index (χ1v) is 8.10. The summed E-state index contributed by atoms with van der Waals surface area (Å²) in [5, 5.41) is 6.23. The molecule has 9 nitrogen and oxygen atoms in total. The second-order valence-corrected chi connectivity index (χ2v) is 5.33. The summed E-state index contributed by atoms with van der Waals surface area (Å²) in [7, 11) is 5.98. The van der Waals surface area contributed by atoms with Gasteiger partial charge in [-0.2, -0.15) is 5.10 Å². The summed E-state index contributed by atoms with van der Waals surface area (Å²) in [5.41, 5.74) is 3.05. The van der Waals surface area contributed by atoms with E-state index in [4.69, 9.17) is 18.9 Å². The van der Waals surface area contributed by atoms with Crippen LogP contribution in [0.25, 0.3) is 0 Å². The molecule has 0 heterocycles. The Morgan fingerprint density at radius 1 is 0.821 bits per heavy atom. The average Bonchev–Trinajstić information content (AvgIpc) is 2.73. The maximum atomic E-state index is 12.1. The van der Waals surface area contributed by atoms with Crippen LogP contribution >= 0.6 is 0 Å². The normalized spacial score (nSPS) is 10.3. The van der Waals surface area contributed by atoms with Gasteiger partial charge in [-0.05, 0) is 24.3 Å². The number of ether oxygens (including phenoxy) is 4. The van der Waals surface area contributed by atoms with Crippen LogP contribution in [0.1, 0.15) is 5.56 Å². The first kappa shape index (κ1) is 20.6. The number of nitrogens with zero attached hydrogens (tertiary/aromatic N) is 1. The SMILES string of the molecule is COc1ccc(OC)c(NC(=O)C(=O)N/N=C\c2ccc(OC)cc2OC)c1. The lowest BCUT2D eigenvalue weighted by molar-refractivity contribution is -0.136. The zero-order chi connectivity index (χ0) is 20.5. The van der Waals surface area contributed by atoms with Gasteiger partial charge >= 0.3 is 11.8 Å². The van der Waals surface area contributed by atoms with Crippen LogP contribution in [0.15, 0.2) is 41.5 Å². The van der Waals surface area contributed by atoms with Gasteiger partial charge in [-0.25, -0.2) is 5.43 Å².